The van der Waals surface area contributed by atoms with Crippen molar-refractivity contribution < 1.29 is 18.0 Å². The van der Waals surface area contributed by atoms with Crippen LogP contribution < -0.4 is 5.32 Å². The van der Waals surface area contributed by atoms with Crippen molar-refractivity contribution in [3.63, 3.8) is 0 Å². The Kier molecular flexibility index (Phi) is 5.87. The van der Waals surface area contributed by atoms with Gasteiger partial charge in [0.05, 0.1) is 17.4 Å². The fourth-order valence-electron chi connectivity index (χ4n) is 5.37. The summed E-state index contributed by atoms with van der Waals surface area (Å²) in [6.45, 7) is 1.39. The zero-order valence-electron chi connectivity index (χ0n) is 19.4. The second kappa shape index (κ2) is 8.87. The summed E-state index contributed by atoms with van der Waals surface area (Å²) in [5, 5.41) is 2.19. The molecule has 5 rings (SSSR count). The number of carbonyl (C=O) groups excluding carboxylic acids is 1. The van der Waals surface area contributed by atoms with Crippen molar-refractivity contribution in [2.45, 2.75) is 44.3 Å². The van der Waals surface area contributed by atoms with Crippen molar-refractivity contribution in [1.29, 1.82) is 0 Å². The number of unbranched alkanes of at least 4 members (excludes halogenated alkanes) is 1. The van der Waals surface area contributed by atoms with Gasteiger partial charge < -0.3 is 9.88 Å². The Morgan fingerprint density at radius 3 is 2.26 bits per heavy atom. The number of alkyl halides is 3. The Labute approximate surface area is 201 Å². The lowest BCUT2D eigenvalue weighted by Gasteiger charge is -2.31. The van der Waals surface area contributed by atoms with E-state index in [1.54, 1.807) is 0 Å². The number of hydrogen-bond acceptors (Lipinski definition) is 2. The predicted octanol–water partition coefficient (Wildman–Crippen LogP) is 6.16. The first-order valence-electron chi connectivity index (χ1n) is 11.8. The molecule has 1 amide bonds. The molecule has 0 unspecified atom stereocenters. The van der Waals surface area contributed by atoms with Gasteiger partial charge in [-0.3, -0.25) is 4.79 Å². The van der Waals surface area contributed by atoms with Crippen LogP contribution in [-0.2, 0) is 16.8 Å². The van der Waals surface area contributed by atoms with Crippen LogP contribution in [0.2, 0.25) is 0 Å². The number of benzene rings is 3. The lowest BCUT2D eigenvalue weighted by atomic mass is 9.73. The van der Waals surface area contributed by atoms with Crippen LogP contribution in [0.5, 0.6) is 0 Å². The molecule has 3 aromatic carbocycles. The largest absolute Gasteiger partial charge is 0.405 e. The van der Waals surface area contributed by atoms with Gasteiger partial charge >= 0.3 is 6.18 Å². The van der Waals surface area contributed by atoms with Crippen LogP contribution in [-0.4, -0.2) is 28.2 Å². The molecule has 0 bridgehead atoms. The fraction of sp³-hybridized carbons (Fsp3) is 0.286. The monoisotopic (exact) mass is 477 g/mol. The number of rotatable bonds is 7. The first kappa shape index (κ1) is 23.1. The molecule has 0 spiro atoms. The standard InChI is InChI=1S/C28H26F3N3O/c1-19-9-8-14-24-25(19)33-18-34(24)16-7-6-15-27(26(35)32-17-28(29,30)31)22-12-4-2-10-20(22)21-11-3-5-13-23(21)27/h2-5,8-14,18H,6-7,15-17H2,1H3,(H,32,35). The van der Waals surface area contributed by atoms with E-state index in [0.29, 0.717) is 19.4 Å². The molecule has 1 N–H and O–H groups in total. The Balaban J connectivity index is 1.44. The number of para-hydroxylation sites is 1. The number of fused-ring (bicyclic) bond motifs is 4. The quantitative estimate of drug-likeness (QED) is 0.324. The lowest BCUT2D eigenvalue weighted by molar-refractivity contribution is -0.141. The van der Waals surface area contributed by atoms with Crippen molar-refractivity contribution in [1.82, 2.24) is 14.9 Å². The van der Waals surface area contributed by atoms with E-state index >= 15 is 0 Å². The first-order chi connectivity index (χ1) is 16.8. The van der Waals surface area contributed by atoms with Gasteiger partial charge in [0.25, 0.3) is 0 Å². The van der Waals surface area contributed by atoms with Crippen LogP contribution in [0.4, 0.5) is 13.2 Å². The van der Waals surface area contributed by atoms with Crippen LogP contribution in [0.25, 0.3) is 22.2 Å². The molecule has 4 nitrogen and oxygen atoms in total. The molecule has 1 heterocycles. The molecule has 1 aliphatic rings. The third-order valence-electron chi connectivity index (χ3n) is 6.95. The minimum atomic E-state index is -4.48. The molecule has 1 aromatic heterocycles. The van der Waals surface area contributed by atoms with Gasteiger partial charge in [0, 0.05) is 6.54 Å². The summed E-state index contributed by atoms with van der Waals surface area (Å²) in [4.78, 5) is 18.1. The fourth-order valence-corrected chi connectivity index (χ4v) is 5.37. The maximum absolute atomic E-state index is 13.5. The number of imidazole rings is 1. The number of nitrogens with one attached hydrogen (secondary N) is 1. The molecule has 1 aliphatic carbocycles. The SMILES string of the molecule is Cc1cccc2c1ncn2CCCCC1(C(=O)NCC(F)(F)F)c2ccccc2-c2ccccc21. The molecule has 0 aliphatic heterocycles. The Hall–Kier alpha value is -3.61. The van der Waals surface area contributed by atoms with Crippen molar-refractivity contribution in [3.05, 3.63) is 89.7 Å². The van der Waals surface area contributed by atoms with E-state index in [1.165, 1.54) is 0 Å². The third-order valence-corrected chi connectivity index (χ3v) is 6.95. The molecule has 7 heteroatoms. The summed E-state index contributed by atoms with van der Waals surface area (Å²) in [7, 11) is 0. The predicted molar refractivity (Wildman–Crippen MR) is 130 cm³/mol. The van der Waals surface area contributed by atoms with Crippen molar-refractivity contribution in [2.24, 2.45) is 0 Å². The van der Waals surface area contributed by atoms with Gasteiger partial charge in [0.1, 0.15) is 12.0 Å². The van der Waals surface area contributed by atoms with E-state index in [-0.39, 0.29) is 0 Å². The second-order valence-corrected chi connectivity index (χ2v) is 9.13. The number of aryl methyl sites for hydroxylation is 2. The maximum atomic E-state index is 13.5. The zero-order valence-corrected chi connectivity index (χ0v) is 19.4. The summed E-state index contributed by atoms with van der Waals surface area (Å²) < 4.78 is 41.1. The van der Waals surface area contributed by atoms with Gasteiger partial charge in [-0.2, -0.15) is 13.2 Å². The van der Waals surface area contributed by atoms with E-state index in [2.05, 4.69) is 14.9 Å². The third kappa shape index (κ3) is 4.09. The molecule has 0 saturated heterocycles. The Bertz CT molecular complexity index is 1340. The summed E-state index contributed by atoms with van der Waals surface area (Å²) in [6.07, 6.45) is -0.819. The molecule has 0 saturated carbocycles. The minimum absolute atomic E-state index is 0.413. The first-order valence-corrected chi connectivity index (χ1v) is 11.8. The van der Waals surface area contributed by atoms with Gasteiger partial charge in [0.15, 0.2) is 0 Å². The van der Waals surface area contributed by atoms with Crippen LogP contribution in [0, 0.1) is 6.92 Å². The molecular weight excluding hydrogens is 451 g/mol. The number of nitrogens with zero attached hydrogens (tertiary/aromatic N) is 2. The van der Waals surface area contributed by atoms with E-state index in [9.17, 15) is 18.0 Å². The highest BCUT2D eigenvalue weighted by molar-refractivity contribution is 6.00. The van der Waals surface area contributed by atoms with Crippen LogP contribution >= 0.6 is 0 Å². The van der Waals surface area contributed by atoms with E-state index in [1.807, 2.05) is 80.0 Å². The molecule has 0 radical (unpaired) electrons. The number of aromatic nitrogens is 2. The average Bonchev–Trinajstić information content (AvgIpc) is 3.39. The number of amides is 1. The van der Waals surface area contributed by atoms with Gasteiger partial charge in [-0.1, -0.05) is 60.7 Å². The van der Waals surface area contributed by atoms with E-state index in [4.69, 9.17) is 0 Å². The normalized spacial score (nSPS) is 14.1. The average molecular weight is 478 g/mol. The number of halogens is 3. The Morgan fingerprint density at radius 1 is 0.943 bits per heavy atom. The molecule has 180 valence electrons. The topological polar surface area (TPSA) is 46.9 Å². The van der Waals surface area contributed by atoms with Gasteiger partial charge in [-0.05, 0) is 60.1 Å². The maximum Gasteiger partial charge on any atom is 0.405 e. The van der Waals surface area contributed by atoms with E-state index < -0.39 is 24.0 Å². The highest BCUT2D eigenvalue weighted by atomic mass is 19.4. The van der Waals surface area contributed by atoms with Crippen LogP contribution in [0.15, 0.2) is 73.1 Å². The van der Waals surface area contributed by atoms with Crippen LogP contribution in [0.3, 0.4) is 0 Å². The highest BCUT2D eigenvalue weighted by Gasteiger charge is 2.49. The van der Waals surface area contributed by atoms with Gasteiger partial charge in [0.2, 0.25) is 5.91 Å². The molecule has 35 heavy (non-hydrogen) atoms. The van der Waals surface area contributed by atoms with Crippen molar-refractivity contribution in [3.8, 4) is 11.1 Å². The minimum Gasteiger partial charge on any atom is -0.346 e. The van der Waals surface area contributed by atoms with E-state index in [0.717, 1.165) is 45.3 Å². The zero-order chi connectivity index (χ0) is 24.6. The summed E-state index contributed by atoms with van der Waals surface area (Å²) >= 11 is 0. The molecular formula is C28H26F3N3O. The Morgan fingerprint density at radius 2 is 1.60 bits per heavy atom. The molecule has 0 fully saturated rings. The number of hydrogen-bond donors (Lipinski definition) is 1. The highest BCUT2D eigenvalue weighted by Crippen LogP contribution is 2.51. The van der Waals surface area contributed by atoms with Gasteiger partial charge in [-0.25, -0.2) is 4.98 Å². The molecule has 4 aromatic rings. The number of carbonyl (C=O) groups is 1. The lowest BCUT2D eigenvalue weighted by Crippen LogP contribution is -2.47. The summed E-state index contributed by atoms with van der Waals surface area (Å²) in [6, 6.07) is 21.2. The van der Waals surface area contributed by atoms with Crippen LogP contribution in [0.1, 0.15) is 36.0 Å². The smallest absolute Gasteiger partial charge is 0.346 e. The molecule has 0 atom stereocenters. The summed E-state index contributed by atoms with van der Waals surface area (Å²) in [5.41, 5.74) is 5.32. The van der Waals surface area contributed by atoms with Crippen molar-refractivity contribution in [2.75, 3.05) is 6.54 Å². The second-order valence-electron chi connectivity index (χ2n) is 9.13. The van der Waals surface area contributed by atoms with Gasteiger partial charge in [-0.15, -0.1) is 0 Å². The summed E-state index contributed by atoms with van der Waals surface area (Å²) in [5.74, 6) is -0.601. The van der Waals surface area contributed by atoms with Crippen molar-refractivity contribution >= 4 is 16.9 Å².